The van der Waals surface area contributed by atoms with E-state index in [0.717, 1.165) is 17.5 Å². The van der Waals surface area contributed by atoms with E-state index in [1.165, 1.54) is 33.1 Å². The van der Waals surface area contributed by atoms with Crippen LogP contribution in [-0.2, 0) is 29.6 Å². The number of alkyl halides is 3. The molecule has 0 saturated carbocycles. The third kappa shape index (κ3) is 7.40. The molecule has 0 atom stereocenters. The highest BCUT2D eigenvalue weighted by Gasteiger charge is 2.47. The maximum Gasteiger partial charge on any atom is 0.573 e. The van der Waals surface area contributed by atoms with Crippen molar-refractivity contribution in [3.8, 4) is 5.75 Å². The lowest BCUT2D eigenvalue weighted by atomic mass is 9.89. The molecule has 1 N–H and O–H groups in total. The quantitative estimate of drug-likeness (QED) is 0.447. The first-order chi connectivity index (χ1) is 21.5. The normalized spacial score (nSPS) is 19.8. The van der Waals surface area contributed by atoms with Crippen molar-refractivity contribution >= 4 is 43.6 Å². The van der Waals surface area contributed by atoms with Crippen molar-refractivity contribution in [3.05, 3.63) is 64.1 Å². The molecule has 0 unspecified atom stereocenters. The van der Waals surface area contributed by atoms with E-state index in [9.17, 15) is 34.8 Å². The van der Waals surface area contributed by atoms with Crippen LogP contribution in [0.15, 0.2) is 46.8 Å². The molecule has 46 heavy (non-hydrogen) atoms. The lowest BCUT2D eigenvalue weighted by Gasteiger charge is -2.34. The number of amidine groups is 1. The SMILES string of the molecule is Cc1cc(N(C2CCOCC2)S(C)(=O)=O)cc(C)c1C=CS(=O)(=O)N1CCC2(CC1)N=C(c1cccc(OC(F)(F)F)c1)NC2=O. The number of aryl methyl sites for hydroxylation is 2. The smallest absolute Gasteiger partial charge is 0.406 e. The summed E-state index contributed by atoms with van der Waals surface area (Å²) in [6, 6.07) is 8.34. The molecule has 5 rings (SSSR count). The number of piperidine rings is 1. The van der Waals surface area contributed by atoms with E-state index < -0.39 is 43.6 Å². The van der Waals surface area contributed by atoms with Crippen LogP contribution in [0, 0.1) is 13.8 Å². The molecular formula is C30H35F3N4O7S2. The van der Waals surface area contributed by atoms with Crippen molar-refractivity contribution in [1.82, 2.24) is 9.62 Å². The van der Waals surface area contributed by atoms with Crippen LogP contribution in [0.4, 0.5) is 18.9 Å². The Morgan fingerprint density at radius 3 is 2.28 bits per heavy atom. The van der Waals surface area contributed by atoms with Gasteiger partial charge in [0.15, 0.2) is 0 Å². The maximum absolute atomic E-state index is 13.3. The van der Waals surface area contributed by atoms with E-state index in [-0.39, 0.29) is 43.4 Å². The van der Waals surface area contributed by atoms with Crippen molar-refractivity contribution in [2.45, 2.75) is 57.5 Å². The molecule has 0 aliphatic carbocycles. The standard InChI is InChI=1S/C30H35F3N4O7S2/c1-20-17-24(37(45(3,39)40)23-7-14-43-15-8-23)18-21(2)26(20)9-16-46(41,42)36-12-10-29(11-13-36)28(38)34-27(35-29)22-5-4-6-25(19-22)44-30(31,32)33/h4-6,9,16-19,23H,7-8,10-15H2,1-3H3,(H,34,35,38). The predicted molar refractivity (Wildman–Crippen MR) is 166 cm³/mol. The molecule has 0 radical (unpaired) electrons. The predicted octanol–water partition coefficient (Wildman–Crippen LogP) is 3.86. The summed E-state index contributed by atoms with van der Waals surface area (Å²) in [5.41, 5.74) is 1.55. The monoisotopic (exact) mass is 684 g/mol. The summed E-state index contributed by atoms with van der Waals surface area (Å²) in [5, 5.41) is 3.72. The number of nitrogens with zero attached hydrogens (tertiary/aromatic N) is 3. The topological polar surface area (TPSA) is 135 Å². The van der Waals surface area contributed by atoms with E-state index in [1.54, 1.807) is 26.0 Å². The zero-order chi connectivity index (χ0) is 33.5. The number of aliphatic imine (C=N–C) groups is 1. The van der Waals surface area contributed by atoms with Crippen LogP contribution in [0.25, 0.3) is 6.08 Å². The molecule has 11 nitrogen and oxygen atoms in total. The van der Waals surface area contributed by atoms with Crippen LogP contribution in [0.1, 0.15) is 47.9 Å². The molecule has 3 heterocycles. The van der Waals surface area contributed by atoms with Gasteiger partial charge in [0.05, 0.1) is 11.9 Å². The summed E-state index contributed by atoms with van der Waals surface area (Å²) in [5.74, 6) is -0.815. The van der Waals surface area contributed by atoms with Gasteiger partial charge in [-0.2, -0.15) is 4.31 Å². The highest BCUT2D eigenvalue weighted by molar-refractivity contribution is 7.92. The summed E-state index contributed by atoms with van der Waals surface area (Å²) in [6.45, 7) is 4.52. The van der Waals surface area contributed by atoms with Gasteiger partial charge in [-0.25, -0.2) is 16.8 Å². The van der Waals surface area contributed by atoms with Crippen molar-refractivity contribution in [3.63, 3.8) is 0 Å². The minimum atomic E-state index is -4.88. The fourth-order valence-electron chi connectivity index (χ4n) is 6.12. The highest BCUT2D eigenvalue weighted by Crippen LogP contribution is 2.34. The number of ether oxygens (including phenoxy) is 2. The Bertz CT molecular complexity index is 1760. The van der Waals surface area contributed by atoms with Crippen LogP contribution < -0.4 is 14.4 Å². The van der Waals surface area contributed by atoms with Gasteiger partial charge in [-0.15, -0.1) is 13.2 Å². The maximum atomic E-state index is 13.3. The lowest BCUT2D eigenvalue weighted by Crippen LogP contribution is -2.50. The Labute approximate surface area is 266 Å². The van der Waals surface area contributed by atoms with E-state index >= 15 is 0 Å². The molecule has 250 valence electrons. The number of hydrogen-bond donors (Lipinski definition) is 1. The zero-order valence-corrected chi connectivity index (χ0v) is 27.1. The number of nitrogens with one attached hydrogen (secondary N) is 1. The molecule has 2 aromatic rings. The van der Waals surface area contributed by atoms with E-state index in [0.29, 0.717) is 48.4 Å². The van der Waals surface area contributed by atoms with Crippen molar-refractivity contribution in [2.24, 2.45) is 4.99 Å². The summed E-state index contributed by atoms with van der Waals surface area (Å²) >= 11 is 0. The molecule has 2 saturated heterocycles. The fraction of sp³-hybridized carbons (Fsp3) is 0.467. The van der Waals surface area contributed by atoms with Gasteiger partial charge in [-0.05, 0) is 86.6 Å². The average Bonchev–Trinajstić information content (AvgIpc) is 3.27. The number of halogens is 3. The van der Waals surface area contributed by atoms with E-state index in [1.807, 2.05) is 0 Å². The highest BCUT2D eigenvalue weighted by atomic mass is 32.2. The number of sulfonamides is 2. The Morgan fingerprint density at radius 2 is 1.70 bits per heavy atom. The number of hydrogen-bond acceptors (Lipinski definition) is 8. The van der Waals surface area contributed by atoms with Crippen molar-refractivity contribution < 1.29 is 44.3 Å². The van der Waals surface area contributed by atoms with Crippen molar-refractivity contribution in [2.75, 3.05) is 36.9 Å². The Morgan fingerprint density at radius 1 is 1.07 bits per heavy atom. The van der Waals surface area contributed by atoms with Gasteiger partial charge in [0.25, 0.3) is 5.91 Å². The Balaban J connectivity index is 1.30. The van der Waals surface area contributed by atoms with E-state index in [4.69, 9.17) is 4.74 Å². The van der Waals surface area contributed by atoms with Gasteiger partial charge in [-0.3, -0.25) is 14.1 Å². The fourth-order valence-corrected chi connectivity index (χ4v) is 8.53. The van der Waals surface area contributed by atoms with Gasteiger partial charge < -0.3 is 14.8 Å². The minimum absolute atomic E-state index is 0.000573. The Kier molecular flexibility index (Phi) is 9.29. The second-order valence-corrected chi connectivity index (χ2v) is 15.3. The number of rotatable bonds is 8. The van der Waals surface area contributed by atoms with Gasteiger partial charge >= 0.3 is 6.36 Å². The molecule has 0 bridgehead atoms. The second kappa shape index (κ2) is 12.6. The van der Waals surface area contributed by atoms with Crippen LogP contribution >= 0.6 is 0 Å². The first-order valence-electron chi connectivity index (χ1n) is 14.6. The second-order valence-electron chi connectivity index (χ2n) is 11.7. The lowest BCUT2D eigenvalue weighted by molar-refractivity contribution is -0.274. The first kappa shape index (κ1) is 33.9. The van der Waals surface area contributed by atoms with Crippen molar-refractivity contribution in [1.29, 1.82) is 0 Å². The number of benzene rings is 2. The van der Waals surface area contributed by atoms with Crippen LogP contribution in [-0.4, -0.2) is 83.4 Å². The number of amides is 1. The average molecular weight is 685 g/mol. The largest absolute Gasteiger partial charge is 0.573 e. The van der Waals surface area contributed by atoms with E-state index in [2.05, 4.69) is 15.0 Å². The van der Waals surface area contributed by atoms with Crippen LogP contribution in [0.3, 0.4) is 0 Å². The third-order valence-corrected chi connectivity index (χ3v) is 11.1. The Hall–Kier alpha value is -3.47. The van der Waals surface area contributed by atoms with Gasteiger partial charge in [0.2, 0.25) is 20.0 Å². The first-order valence-corrected chi connectivity index (χ1v) is 18.0. The van der Waals surface area contributed by atoms with Gasteiger partial charge in [-0.1, -0.05) is 12.1 Å². The van der Waals surface area contributed by atoms with Crippen LogP contribution in [0.5, 0.6) is 5.75 Å². The summed E-state index contributed by atoms with van der Waals surface area (Å²) in [7, 11) is -7.49. The molecule has 2 fully saturated rings. The molecule has 2 aromatic carbocycles. The van der Waals surface area contributed by atoms with Crippen LogP contribution in [0.2, 0.25) is 0 Å². The molecule has 16 heteroatoms. The van der Waals surface area contributed by atoms with Gasteiger partial charge in [0, 0.05) is 43.3 Å². The van der Waals surface area contributed by atoms with Gasteiger partial charge in [0.1, 0.15) is 17.1 Å². The summed E-state index contributed by atoms with van der Waals surface area (Å²) in [6.07, 6.45) is -0.924. The number of carbonyl (C=O) groups excluding carboxylic acids is 1. The molecular weight excluding hydrogens is 649 g/mol. The molecule has 3 aliphatic rings. The molecule has 0 aromatic heterocycles. The minimum Gasteiger partial charge on any atom is -0.406 e. The summed E-state index contributed by atoms with van der Waals surface area (Å²) in [4.78, 5) is 17.5. The zero-order valence-electron chi connectivity index (χ0n) is 25.5. The third-order valence-electron chi connectivity index (χ3n) is 8.35. The molecule has 3 aliphatic heterocycles. The summed E-state index contributed by atoms with van der Waals surface area (Å²) < 4.78 is 102. The number of anilines is 1. The number of carbonyl (C=O) groups is 1. The molecule has 1 spiro atoms. The molecule has 1 amide bonds.